The molecule has 6 heteroatoms. The summed E-state index contributed by atoms with van der Waals surface area (Å²) in [5.74, 6) is -0.351. The Morgan fingerprint density at radius 2 is 1.69 bits per heavy atom. The van der Waals surface area contributed by atoms with Gasteiger partial charge in [0.25, 0.3) is 0 Å². The lowest BCUT2D eigenvalue weighted by atomic mass is 10.1. The zero-order valence-corrected chi connectivity index (χ0v) is 15.5. The summed E-state index contributed by atoms with van der Waals surface area (Å²) in [7, 11) is 1.37. The van der Waals surface area contributed by atoms with Crippen molar-refractivity contribution >= 4 is 17.3 Å². The number of aryl methyl sites for hydroxylation is 1. The molecule has 3 rings (SSSR count). The van der Waals surface area contributed by atoms with Gasteiger partial charge in [0.2, 0.25) is 0 Å². The third-order valence-electron chi connectivity index (χ3n) is 4.75. The van der Waals surface area contributed by atoms with E-state index in [2.05, 4.69) is 52.0 Å². The average molecular weight is 352 g/mol. The van der Waals surface area contributed by atoms with E-state index in [4.69, 9.17) is 0 Å². The maximum atomic E-state index is 11.4. The fourth-order valence-corrected chi connectivity index (χ4v) is 3.00. The quantitative estimate of drug-likeness (QED) is 0.618. The van der Waals surface area contributed by atoms with E-state index in [1.54, 1.807) is 24.3 Å². The summed E-state index contributed by atoms with van der Waals surface area (Å²) < 4.78 is 4.69. The number of carbonyl (C=O) groups excluding carboxylic acids is 1. The lowest BCUT2D eigenvalue weighted by Crippen LogP contribution is -2.44. The number of ether oxygens (including phenoxy) is 1. The molecule has 2 aromatic carbocycles. The fourth-order valence-electron chi connectivity index (χ4n) is 3.00. The Kier molecular flexibility index (Phi) is 5.51. The van der Waals surface area contributed by atoms with Gasteiger partial charge in [0, 0.05) is 18.8 Å². The van der Waals surface area contributed by atoms with Crippen LogP contribution < -0.4 is 4.90 Å². The van der Waals surface area contributed by atoms with Crippen LogP contribution in [-0.2, 0) is 4.74 Å². The summed E-state index contributed by atoms with van der Waals surface area (Å²) in [6.07, 6.45) is 0. The van der Waals surface area contributed by atoms with Crippen molar-refractivity contribution in [2.75, 3.05) is 38.2 Å². The lowest BCUT2D eigenvalue weighted by Gasteiger charge is -2.35. The number of piperazine rings is 1. The highest BCUT2D eigenvalue weighted by molar-refractivity contribution is 5.89. The normalized spacial score (nSPS) is 14.7. The maximum absolute atomic E-state index is 11.4. The van der Waals surface area contributed by atoms with E-state index in [1.807, 2.05) is 5.01 Å². The van der Waals surface area contributed by atoms with E-state index >= 15 is 0 Å². The van der Waals surface area contributed by atoms with Crippen molar-refractivity contribution in [1.82, 2.24) is 5.01 Å². The summed E-state index contributed by atoms with van der Waals surface area (Å²) in [5, 5.41) is 10.6. The first kappa shape index (κ1) is 17.9. The Hall–Kier alpha value is -2.89. The molecule has 1 fully saturated rings. The molecule has 136 valence electrons. The zero-order valence-electron chi connectivity index (χ0n) is 15.5. The Morgan fingerprint density at radius 1 is 1.00 bits per heavy atom. The van der Waals surface area contributed by atoms with Crippen LogP contribution in [0.1, 0.15) is 21.5 Å². The van der Waals surface area contributed by atoms with Crippen LogP contribution in [0.3, 0.4) is 0 Å². The van der Waals surface area contributed by atoms with Gasteiger partial charge in [-0.05, 0) is 55.3 Å². The molecule has 0 aliphatic carbocycles. The number of carbonyl (C=O) groups is 1. The molecular weight excluding hydrogens is 328 g/mol. The number of anilines is 1. The van der Waals surface area contributed by atoms with Gasteiger partial charge >= 0.3 is 5.97 Å². The summed E-state index contributed by atoms with van der Waals surface area (Å²) in [6.45, 7) is 7.83. The monoisotopic (exact) mass is 352 g/mol. The van der Waals surface area contributed by atoms with E-state index < -0.39 is 0 Å². The Bertz CT molecular complexity index is 794. The molecule has 26 heavy (non-hydrogen) atoms. The SMILES string of the molecule is COC(=O)c1ccc(/N=N/N2CCN(c3cccc(C)c3C)CC2)cc1. The van der Waals surface area contributed by atoms with Crippen LogP contribution in [0.4, 0.5) is 11.4 Å². The smallest absolute Gasteiger partial charge is 0.337 e. The predicted molar refractivity (Wildman–Crippen MR) is 102 cm³/mol. The number of nitrogens with zero attached hydrogens (tertiary/aromatic N) is 4. The van der Waals surface area contributed by atoms with Crippen LogP contribution in [0, 0.1) is 13.8 Å². The van der Waals surface area contributed by atoms with Crippen molar-refractivity contribution in [3.63, 3.8) is 0 Å². The van der Waals surface area contributed by atoms with Crippen LogP contribution in [0.2, 0.25) is 0 Å². The van der Waals surface area contributed by atoms with Crippen LogP contribution in [0.15, 0.2) is 52.8 Å². The van der Waals surface area contributed by atoms with Crippen LogP contribution in [0.5, 0.6) is 0 Å². The molecule has 0 saturated carbocycles. The van der Waals surface area contributed by atoms with Gasteiger partial charge in [-0.25, -0.2) is 4.79 Å². The van der Waals surface area contributed by atoms with Gasteiger partial charge in [-0.15, -0.1) is 5.11 Å². The second kappa shape index (κ2) is 7.99. The van der Waals surface area contributed by atoms with Gasteiger partial charge in [-0.3, -0.25) is 5.01 Å². The third-order valence-corrected chi connectivity index (χ3v) is 4.75. The first-order valence-corrected chi connectivity index (χ1v) is 8.74. The van der Waals surface area contributed by atoms with Crippen molar-refractivity contribution in [2.45, 2.75) is 13.8 Å². The van der Waals surface area contributed by atoms with Gasteiger partial charge in [-0.2, -0.15) is 0 Å². The highest BCUT2D eigenvalue weighted by Crippen LogP contribution is 2.24. The molecule has 0 amide bonds. The van der Waals surface area contributed by atoms with Crippen LogP contribution in [0.25, 0.3) is 0 Å². The van der Waals surface area contributed by atoms with Crippen molar-refractivity contribution in [3.05, 3.63) is 59.2 Å². The average Bonchev–Trinajstić information content (AvgIpc) is 2.69. The third kappa shape index (κ3) is 4.02. The predicted octanol–water partition coefficient (Wildman–Crippen LogP) is 3.91. The van der Waals surface area contributed by atoms with Crippen molar-refractivity contribution in [2.24, 2.45) is 10.3 Å². The maximum Gasteiger partial charge on any atom is 0.337 e. The summed E-state index contributed by atoms with van der Waals surface area (Å²) in [6, 6.07) is 13.4. The molecule has 0 aromatic heterocycles. The number of benzene rings is 2. The summed E-state index contributed by atoms with van der Waals surface area (Å²) in [5.41, 5.74) is 5.19. The molecule has 6 nitrogen and oxygen atoms in total. The molecule has 0 radical (unpaired) electrons. The topological polar surface area (TPSA) is 57.5 Å². The van der Waals surface area contributed by atoms with E-state index in [0.29, 0.717) is 5.56 Å². The number of esters is 1. The van der Waals surface area contributed by atoms with Crippen molar-refractivity contribution in [1.29, 1.82) is 0 Å². The summed E-state index contributed by atoms with van der Waals surface area (Å²) >= 11 is 0. The number of rotatable bonds is 4. The molecule has 1 aliphatic heterocycles. The first-order valence-electron chi connectivity index (χ1n) is 8.74. The van der Waals surface area contributed by atoms with Gasteiger partial charge in [0.1, 0.15) is 0 Å². The van der Waals surface area contributed by atoms with Gasteiger partial charge in [0.05, 0.1) is 31.5 Å². The number of hydrogen-bond donors (Lipinski definition) is 0. The fraction of sp³-hybridized carbons (Fsp3) is 0.350. The molecule has 1 saturated heterocycles. The van der Waals surface area contributed by atoms with Crippen molar-refractivity contribution < 1.29 is 9.53 Å². The molecular formula is C20H24N4O2. The number of hydrogen-bond acceptors (Lipinski definition) is 5. The molecule has 0 unspecified atom stereocenters. The van der Waals surface area contributed by atoms with Crippen molar-refractivity contribution in [3.8, 4) is 0 Å². The standard InChI is InChI=1S/C20H24N4O2/c1-15-5-4-6-19(16(15)2)23-11-13-24(14-12-23)22-21-18-9-7-17(8-10-18)20(25)26-3/h4-10H,11-14H2,1-3H3/b22-21+. The highest BCUT2D eigenvalue weighted by atomic mass is 16.5. The molecule has 0 atom stereocenters. The molecule has 0 N–H and O–H groups in total. The molecule has 0 bridgehead atoms. The van der Waals surface area contributed by atoms with Gasteiger partial charge < -0.3 is 9.64 Å². The van der Waals surface area contributed by atoms with Gasteiger partial charge in [0.15, 0.2) is 0 Å². The first-order chi connectivity index (χ1) is 12.6. The van der Waals surface area contributed by atoms with E-state index in [9.17, 15) is 4.79 Å². The largest absolute Gasteiger partial charge is 0.465 e. The Labute approximate surface area is 154 Å². The Balaban J connectivity index is 1.57. The molecule has 1 heterocycles. The van der Waals surface area contributed by atoms with Crippen LogP contribution >= 0.6 is 0 Å². The molecule has 1 aliphatic rings. The van der Waals surface area contributed by atoms with Gasteiger partial charge in [-0.1, -0.05) is 17.4 Å². The van der Waals surface area contributed by atoms with Crippen LogP contribution in [-0.4, -0.2) is 44.3 Å². The van der Waals surface area contributed by atoms with E-state index in [-0.39, 0.29) is 5.97 Å². The second-order valence-corrected chi connectivity index (χ2v) is 6.39. The number of methoxy groups -OCH3 is 1. The second-order valence-electron chi connectivity index (χ2n) is 6.39. The van der Waals surface area contributed by atoms with E-state index in [0.717, 1.165) is 31.9 Å². The van der Waals surface area contributed by atoms with E-state index in [1.165, 1.54) is 23.9 Å². The minimum Gasteiger partial charge on any atom is -0.465 e. The minimum atomic E-state index is -0.351. The zero-order chi connectivity index (χ0) is 18.5. The molecule has 2 aromatic rings. The highest BCUT2D eigenvalue weighted by Gasteiger charge is 2.18. The Morgan fingerprint density at radius 3 is 2.35 bits per heavy atom. The summed E-state index contributed by atoms with van der Waals surface area (Å²) in [4.78, 5) is 13.8. The molecule has 0 spiro atoms. The lowest BCUT2D eigenvalue weighted by molar-refractivity contribution is 0.0601. The minimum absolute atomic E-state index is 0.351.